The summed E-state index contributed by atoms with van der Waals surface area (Å²) in [7, 11) is 0. The summed E-state index contributed by atoms with van der Waals surface area (Å²) in [6.07, 6.45) is 28.9. The summed E-state index contributed by atoms with van der Waals surface area (Å²) in [5, 5.41) is 3.44. The van der Waals surface area contributed by atoms with Gasteiger partial charge in [0.25, 0.3) is 0 Å². The average Bonchev–Trinajstić information content (AvgIpc) is 3.54. The van der Waals surface area contributed by atoms with Crippen LogP contribution in [0, 0.1) is 71.0 Å². The van der Waals surface area contributed by atoms with Gasteiger partial charge in [-0.15, -0.1) is 0 Å². The summed E-state index contributed by atoms with van der Waals surface area (Å²) in [6.45, 7) is 0.856. The van der Waals surface area contributed by atoms with E-state index in [9.17, 15) is 4.79 Å². The molecule has 16 aliphatic carbocycles. The second-order valence-electron chi connectivity index (χ2n) is 24.9. The molecule has 2 atom stereocenters. The molecular weight excluding hydrogens is 729 g/mol. The first-order chi connectivity index (χ1) is 28.1. The van der Waals surface area contributed by atoms with E-state index in [1.807, 2.05) is 14.7 Å². The first-order valence-electron chi connectivity index (χ1n) is 24.8. The summed E-state index contributed by atoms with van der Waals surface area (Å²) in [5.74, 6) is 8.94. The van der Waals surface area contributed by atoms with Crippen LogP contribution in [0.5, 0.6) is 0 Å². The number of hydrogen-bond acceptors (Lipinski definition) is 6. The van der Waals surface area contributed by atoms with Gasteiger partial charge in [-0.1, -0.05) is 0 Å². The molecule has 2 unspecified atom stereocenters. The van der Waals surface area contributed by atoms with Crippen LogP contribution in [0.1, 0.15) is 154 Å². The standard InChI is InChI=1S/C48H70N4O6/c53-42-49-41-48(25-55-44-13-29-1-30(14-44)3-31(2-29)15-44,51(42)27-57-46-19-35-7-36(20-46)9-37(8-35)21-46)52(28-58-47-22-38-10-39(23-47)12-40(11-38)24-47)43(54)50(41)26-56-45-16-32-4-33(17-45)6-34(5-32)18-45/h29-41H,1-28H2,(H,49,53). The van der Waals surface area contributed by atoms with E-state index in [1.54, 1.807) is 0 Å². The van der Waals surface area contributed by atoms with Crippen molar-refractivity contribution in [2.24, 2.45) is 71.0 Å². The van der Waals surface area contributed by atoms with Crippen molar-refractivity contribution in [3.63, 3.8) is 0 Å². The van der Waals surface area contributed by atoms with Gasteiger partial charge >= 0.3 is 12.1 Å². The summed E-state index contributed by atoms with van der Waals surface area (Å²) < 4.78 is 29.2. The number of urea groups is 2. The lowest BCUT2D eigenvalue weighted by Crippen LogP contribution is -2.66. The van der Waals surface area contributed by atoms with Crippen molar-refractivity contribution >= 4 is 12.1 Å². The maximum atomic E-state index is 15.5. The SMILES string of the molecule is O=C1NC2N(COC34CC5CC(CC(C5)C3)C4)C(=O)N(COC34CC5CC(CC(C5)C3)C4)C2(COC23CC4CC(CC(C4)C2)C3)N1COC12CC3CC(CC(C3)C1)C2. The first kappa shape index (κ1) is 35.9. The van der Waals surface area contributed by atoms with Crippen molar-refractivity contribution in [3.8, 4) is 0 Å². The van der Waals surface area contributed by atoms with Crippen LogP contribution < -0.4 is 5.32 Å². The zero-order chi connectivity index (χ0) is 38.2. The minimum Gasteiger partial charge on any atom is -0.370 e. The predicted molar refractivity (Wildman–Crippen MR) is 213 cm³/mol. The van der Waals surface area contributed by atoms with Gasteiger partial charge in [0.15, 0.2) is 11.8 Å². The third-order valence-corrected chi connectivity index (χ3v) is 20.7. The molecular formula is C48H70N4O6. The summed E-state index contributed by atoms with van der Waals surface area (Å²) in [6, 6.07) is -0.218. The highest BCUT2D eigenvalue weighted by atomic mass is 16.5. The fourth-order valence-corrected chi connectivity index (χ4v) is 20.1. The molecule has 2 aliphatic heterocycles. The molecule has 0 radical (unpaired) electrons. The van der Waals surface area contributed by atoms with Gasteiger partial charge in [-0.3, -0.25) is 14.7 Å². The zero-order valence-corrected chi connectivity index (χ0v) is 35.1. The number of nitrogens with one attached hydrogen (secondary N) is 1. The number of ether oxygens (including phenoxy) is 4. The lowest BCUT2D eigenvalue weighted by Gasteiger charge is -2.58. The van der Waals surface area contributed by atoms with E-state index in [-0.39, 0.29) is 61.3 Å². The minimum atomic E-state index is -1.09. The Morgan fingerprint density at radius 1 is 0.414 bits per heavy atom. The van der Waals surface area contributed by atoms with Gasteiger partial charge in [0.05, 0.1) is 29.0 Å². The molecule has 16 saturated carbocycles. The molecule has 0 aromatic carbocycles. The maximum Gasteiger partial charge on any atom is 0.327 e. The third-order valence-electron chi connectivity index (χ3n) is 20.7. The molecule has 2 saturated heterocycles. The molecule has 58 heavy (non-hydrogen) atoms. The molecule has 16 bridgehead atoms. The first-order valence-corrected chi connectivity index (χ1v) is 24.8. The van der Waals surface area contributed by atoms with Crippen LogP contribution in [0.3, 0.4) is 0 Å². The highest BCUT2D eigenvalue weighted by Crippen LogP contribution is 2.61. The lowest BCUT2D eigenvalue weighted by molar-refractivity contribution is -0.233. The summed E-state index contributed by atoms with van der Waals surface area (Å²) in [4.78, 5) is 36.1. The molecule has 0 spiro atoms. The molecule has 18 rings (SSSR count). The Morgan fingerprint density at radius 2 is 0.707 bits per heavy atom. The quantitative estimate of drug-likeness (QED) is 0.213. The number of amides is 4. The molecule has 4 amide bonds. The molecule has 1 N–H and O–H groups in total. The van der Waals surface area contributed by atoms with Crippen LogP contribution in [0.2, 0.25) is 0 Å². The van der Waals surface area contributed by atoms with Gasteiger partial charge < -0.3 is 24.3 Å². The second kappa shape index (κ2) is 12.3. The Bertz CT molecular complexity index is 1590. The fraction of sp³-hybridized carbons (Fsp3) is 0.958. The van der Waals surface area contributed by atoms with Gasteiger partial charge in [-0.25, -0.2) is 9.59 Å². The van der Waals surface area contributed by atoms with Gasteiger partial charge in [0, 0.05) is 0 Å². The summed E-state index contributed by atoms with van der Waals surface area (Å²) >= 11 is 0. The highest BCUT2D eigenvalue weighted by molar-refractivity contribution is 5.86. The predicted octanol–water partition coefficient (Wildman–Crippen LogP) is 8.59. The number of carbonyl (C=O) groups is 2. The number of carbonyl (C=O) groups excluding carboxylic acids is 2. The van der Waals surface area contributed by atoms with E-state index in [0.29, 0.717) is 0 Å². The van der Waals surface area contributed by atoms with Crippen molar-refractivity contribution < 1.29 is 28.5 Å². The van der Waals surface area contributed by atoms with Gasteiger partial charge in [-0.05, 0) is 225 Å². The molecule has 18 fully saturated rings. The van der Waals surface area contributed by atoms with Crippen LogP contribution >= 0.6 is 0 Å². The molecule has 18 aliphatic rings. The van der Waals surface area contributed by atoms with Crippen molar-refractivity contribution in [3.05, 3.63) is 0 Å². The Hall–Kier alpha value is -1.62. The molecule has 10 nitrogen and oxygen atoms in total. The number of fused-ring (bicyclic) bond motifs is 1. The van der Waals surface area contributed by atoms with E-state index < -0.39 is 11.8 Å². The Kier molecular flexibility index (Phi) is 7.62. The van der Waals surface area contributed by atoms with E-state index >= 15 is 4.79 Å². The monoisotopic (exact) mass is 799 g/mol. The fourth-order valence-electron chi connectivity index (χ4n) is 20.1. The Labute approximate surface area is 345 Å². The Balaban J connectivity index is 0.816. The van der Waals surface area contributed by atoms with E-state index in [2.05, 4.69) is 5.32 Å². The molecule has 318 valence electrons. The Morgan fingerprint density at radius 3 is 1.05 bits per heavy atom. The van der Waals surface area contributed by atoms with Gasteiger partial charge in [-0.2, -0.15) is 0 Å². The van der Waals surface area contributed by atoms with Crippen LogP contribution in [-0.4, -0.2) is 87.8 Å². The number of hydrogen-bond donors (Lipinski definition) is 1. The average molecular weight is 799 g/mol. The van der Waals surface area contributed by atoms with Crippen molar-refractivity contribution in [1.29, 1.82) is 0 Å². The molecule has 0 aromatic rings. The maximum absolute atomic E-state index is 15.5. The van der Waals surface area contributed by atoms with Crippen LogP contribution in [-0.2, 0) is 18.9 Å². The topological polar surface area (TPSA) is 92.8 Å². The van der Waals surface area contributed by atoms with Crippen molar-refractivity contribution in [2.45, 2.75) is 188 Å². The van der Waals surface area contributed by atoms with E-state index in [0.717, 1.165) is 148 Å². The molecule has 0 aromatic heterocycles. The lowest BCUT2D eigenvalue weighted by atomic mass is 9.54. The van der Waals surface area contributed by atoms with Crippen LogP contribution in [0.25, 0.3) is 0 Å². The van der Waals surface area contributed by atoms with Gasteiger partial charge in [0.1, 0.15) is 20.2 Å². The largest absolute Gasteiger partial charge is 0.370 e. The molecule has 2 heterocycles. The van der Waals surface area contributed by atoms with Crippen molar-refractivity contribution in [2.75, 3.05) is 26.8 Å². The summed E-state index contributed by atoms with van der Waals surface area (Å²) in [5.41, 5.74) is -1.76. The van der Waals surface area contributed by atoms with E-state index in [1.165, 1.54) is 77.0 Å². The van der Waals surface area contributed by atoms with Crippen molar-refractivity contribution in [1.82, 2.24) is 20.0 Å². The van der Waals surface area contributed by atoms with Gasteiger partial charge in [0.2, 0.25) is 0 Å². The number of rotatable bonds is 12. The minimum absolute atomic E-state index is 0.0756. The third kappa shape index (κ3) is 5.40. The normalized spacial score (nSPS) is 55.8. The number of nitrogens with zero attached hydrogens (tertiary/aromatic N) is 3. The van der Waals surface area contributed by atoms with E-state index in [4.69, 9.17) is 18.9 Å². The van der Waals surface area contributed by atoms with Crippen LogP contribution in [0.4, 0.5) is 9.59 Å². The molecule has 10 heteroatoms. The highest BCUT2D eigenvalue weighted by Gasteiger charge is 2.69. The smallest absolute Gasteiger partial charge is 0.327 e. The second-order valence-corrected chi connectivity index (χ2v) is 24.9. The van der Waals surface area contributed by atoms with Crippen LogP contribution in [0.15, 0.2) is 0 Å². The zero-order valence-electron chi connectivity index (χ0n) is 35.1.